The summed E-state index contributed by atoms with van der Waals surface area (Å²) >= 11 is 0. The molecular weight excluding hydrogens is 388 g/mol. The van der Waals surface area contributed by atoms with Crippen molar-refractivity contribution in [3.63, 3.8) is 0 Å². The third-order valence-electron chi connectivity index (χ3n) is 5.57. The first-order chi connectivity index (χ1) is 14.5. The summed E-state index contributed by atoms with van der Waals surface area (Å²) in [6.45, 7) is 1.06. The third-order valence-corrected chi connectivity index (χ3v) is 5.57. The number of carboxylic acid groups (broad SMARTS) is 1. The van der Waals surface area contributed by atoms with Crippen LogP contribution in [0.4, 0.5) is 16.5 Å². The Hall–Kier alpha value is -3.56. The van der Waals surface area contributed by atoms with Gasteiger partial charge < -0.3 is 25.1 Å². The Morgan fingerprint density at radius 2 is 2.10 bits per heavy atom. The minimum Gasteiger partial charge on any atom is -0.465 e. The zero-order valence-corrected chi connectivity index (χ0v) is 16.5. The lowest BCUT2D eigenvalue weighted by Crippen LogP contribution is -2.36. The number of carbonyl (C=O) groups is 2. The van der Waals surface area contributed by atoms with Crippen LogP contribution in [0.5, 0.6) is 0 Å². The van der Waals surface area contributed by atoms with Gasteiger partial charge in [-0.1, -0.05) is 0 Å². The van der Waals surface area contributed by atoms with Gasteiger partial charge in [0.1, 0.15) is 6.26 Å². The highest BCUT2D eigenvalue weighted by atomic mass is 16.4. The van der Waals surface area contributed by atoms with E-state index in [0.717, 1.165) is 35.0 Å². The van der Waals surface area contributed by atoms with Gasteiger partial charge in [-0.25, -0.2) is 4.79 Å². The van der Waals surface area contributed by atoms with Crippen molar-refractivity contribution in [3.8, 4) is 0 Å². The van der Waals surface area contributed by atoms with E-state index in [9.17, 15) is 9.59 Å². The van der Waals surface area contributed by atoms with E-state index in [1.54, 1.807) is 4.68 Å². The van der Waals surface area contributed by atoms with Crippen LogP contribution < -0.4 is 15.5 Å². The highest BCUT2D eigenvalue weighted by Crippen LogP contribution is 2.44. The number of aryl methyl sites for hydroxylation is 1. The van der Waals surface area contributed by atoms with Crippen LogP contribution in [0.3, 0.4) is 0 Å². The molecule has 3 heterocycles. The van der Waals surface area contributed by atoms with Crippen LogP contribution in [0.25, 0.3) is 10.9 Å². The minimum absolute atomic E-state index is 0.181. The molecule has 5 rings (SSSR count). The zero-order valence-electron chi connectivity index (χ0n) is 16.5. The fourth-order valence-electron chi connectivity index (χ4n) is 3.98. The van der Waals surface area contributed by atoms with Crippen LogP contribution in [-0.4, -0.2) is 51.0 Å². The van der Waals surface area contributed by atoms with E-state index in [1.165, 1.54) is 6.26 Å². The van der Waals surface area contributed by atoms with E-state index in [0.29, 0.717) is 31.4 Å². The van der Waals surface area contributed by atoms with Crippen molar-refractivity contribution < 1.29 is 19.1 Å². The Balaban J connectivity index is 1.33. The van der Waals surface area contributed by atoms with Crippen molar-refractivity contribution in [2.75, 3.05) is 23.3 Å². The summed E-state index contributed by atoms with van der Waals surface area (Å²) in [6, 6.07) is 4.15. The minimum atomic E-state index is -1.05. The molecule has 1 unspecified atom stereocenters. The Morgan fingerprint density at radius 1 is 1.27 bits per heavy atom. The summed E-state index contributed by atoms with van der Waals surface area (Å²) < 4.78 is 7.25. The van der Waals surface area contributed by atoms with Gasteiger partial charge in [0.05, 0.1) is 11.6 Å². The molecule has 10 nitrogen and oxygen atoms in total. The standard InChI is InChI=1S/C20H22N6O4/c1-25-8-12-6-16(14(11-2-3-11)7-15(12)24-25)22-18(27)17-10-30-19(23-17)26-5-4-13(9-26)21-20(28)29/h6-8,10-11,13,21H,2-5,9H2,1H3,(H,22,27)(H,28,29). The molecule has 3 N–H and O–H groups in total. The second-order valence-electron chi connectivity index (χ2n) is 7.93. The second kappa shape index (κ2) is 7.05. The van der Waals surface area contributed by atoms with Crippen molar-refractivity contribution >= 4 is 34.6 Å². The van der Waals surface area contributed by atoms with Gasteiger partial charge >= 0.3 is 6.09 Å². The summed E-state index contributed by atoms with van der Waals surface area (Å²) in [4.78, 5) is 29.8. The van der Waals surface area contributed by atoms with E-state index < -0.39 is 6.09 Å². The van der Waals surface area contributed by atoms with Crippen molar-refractivity contribution in [3.05, 3.63) is 35.9 Å². The smallest absolute Gasteiger partial charge is 0.404 e. The normalized spacial score (nSPS) is 18.7. The fraction of sp³-hybridized carbons (Fsp3) is 0.400. The van der Waals surface area contributed by atoms with Gasteiger partial charge in [0.25, 0.3) is 11.9 Å². The van der Waals surface area contributed by atoms with E-state index in [1.807, 2.05) is 24.2 Å². The molecule has 1 saturated heterocycles. The summed E-state index contributed by atoms with van der Waals surface area (Å²) in [6.07, 6.45) is 5.08. The Morgan fingerprint density at radius 3 is 2.87 bits per heavy atom. The molecule has 3 aromatic rings. The van der Waals surface area contributed by atoms with Crippen molar-refractivity contribution in [1.82, 2.24) is 20.1 Å². The average molecular weight is 410 g/mol. The molecular formula is C20H22N6O4. The van der Waals surface area contributed by atoms with Crippen molar-refractivity contribution in [2.45, 2.75) is 31.2 Å². The molecule has 1 aromatic carbocycles. The maximum atomic E-state index is 12.8. The van der Waals surface area contributed by atoms with Crippen molar-refractivity contribution in [2.24, 2.45) is 7.05 Å². The molecule has 10 heteroatoms. The molecule has 1 aliphatic carbocycles. The molecule has 0 bridgehead atoms. The molecule has 2 fully saturated rings. The number of hydrogen-bond acceptors (Lipinski definition) is 6. The van der Waals surface area contributed by atoms with Gasteiger partial charge in [0.2, 0.25) is 0 Å². The molecule has 0 radical (unpaired) electrons. The van der Waals surface area contributed by atoms with E-state index >= 15 is 0 Å². The largest absolute Gasteiger partial charge is 0.465 e. The Labute approximate surface area is 171 Å². The number of benzene rings is 1. The summed E-state index contributed by atoms with van der Waals surface area (Å²) in [5.41, 5.74) is 2.98. The van der Waals surface area contributed by atoms with E-state index in [-0.39, 0.29) is 17.6 Å². The lowest BCUT2D eigenvalue weighted by molar-refractivity contribution is 0.102. The van der Waals surface area contributed by atoms with Gasteiger partial charge in [-0.05, 0) is 42.9 Å². The lowest BCUT2D eigenvalue weighted by atomic mass is 10.1. The summed E-state index contributed by atoms with van der Waals surface area (Å²) in [7, 11) is 1.88. The van der Waals surface area contributed by atoms with Crippen LogP contribution in [0.15, 0.2) is 29.0 Å². The molecule has 156 valence electrons. The predicted octanol–water partition coefficient (Wildman–Crippen LogP) is 2.54. The second-order valence-corrected chi connectivity index (χ2v) is 7.93. The number of carbonyl (C=O) groups excluding carboxylic acids is 1. The Bertz CT molecular complexity index is 1130. The van der Waals surface area contributed by atoms with Crippen molar-refractivity contribution in [1.29, 1.82) is 0 Å². The third kappa shape index (κ3) is 3.56. The number of aromatic nitrogens is 3. The first-order valence-electron chi connectivity index (χ1n) is 9.95. The van der Waals surface area contributed by atoms with E-state index in [2.05, 4.69) is 26.8 Å². The molecule has 1 aliphatic heterocycles. The number of anilines is 2. The fourth-order valence-corrected chi connectivity index (χ4v) is 3.98. The van der Waals surface area contributed by atoms with Gasteiger partial charge in [0, 0.05) is 37.4 Å². The maximum absolute atomic E-state index is 12.8. The molecule has 1 saturated carbocycles. The quantitative estimate of drug-likeness (QED) is 0.590. The van der Waals surface area contributed by atoms with Crippen LogP contribution in [0, 0.1) is 0 Å². The predicted molar refractivity (Wildman–Crippen MR) is 109 cm³/mol. The highest BCUT2D eigenvalue weighted by molar-refractivity contribution is 6.04. The highest BCUT2D eigenvalue weighted by Gasteiger charge is 2.29. The van der Waals surface area contributed by atoms with Crippen LogP contribution >= 0.6 is 0 Å². The number of hydrogen-bond donors (Lipinski definition) is 3. The molecule has 2 amide bonds. The topological polar surface area (TPSA) is 126 Å². The number of fused-ring (bicyclic) bond motifs is 1. The number of amides is 2. The molecule has 2 aliphatic rings. The molecule has 1 atom stereocenters. The van der Waals surface area contributed by atoms with Gasteiger partial charge in [-0.2, -0.15) is 10.1 Å². The first-order valence-corrected chi connectivity index (χ1v) is 9.95. The van der Waals surface area contributed by atoms with Crippen LogP contribution in [0.1, 0.15) is 41.2 Å². The lowest BCUT2D eigenvalue weighted by Gasteiger charge is -2.13. The van der Waals surface area contributed by atoms with Gasteiger partial charge in [-0.3, -0.25) is 9.48 Å². The summed E-state index contributed by atoms with van der Waals surface area (Å²) in [5.74, 6) is 0.109. The summed E-state index contributed by atoms with van der Waals surface area (Å²) in [5, 5.41) is 19.7. The number of rotatable bonds is 5. The van der Waals surface area contributed by atoms with Crippen LogP contribution in [0.2, 0.25) is 0 Å². The SMILES string of the molecule is Cn1cc2cc(NC(=O)c3coc(N4CCC(NC(=O)O)C4)n3)c(C3CC3)cc2n1. The number of nitrogens with one attached hydrogen (secondary N) is 2. The van der Waals surface area contributed by atoms with Gasteiger partial charge in [-0.15, -0.1) is 0 Å². The molecule has 30 heavy (non-hydrogen) atoms. The molecule has 0 spiro atoms. The number of oxazole rings is 1. The Kier molecular flexibility index (Phi) is 4.34. The zero-order chi connectivity index (χ0) is 20.8. The maximum Gasteiger partial charge on any atom is 0.404 e. The molecule has 2 aromatic heterocycles. The average Bonchev–Trinajstić information content (AvgIpc) is 3.08. The van der Waals surface area contributed by atoms with E-state index in [4.69, 9.17) is 9.52 Å². The monoisotopic (exact) mass is 410 g/mol. The number of nitrogens with zero attached hydrogens (tertiary/aromatic N) is 4. The van der Waals surface area contributed by atoms with Gasteiger partial charge in [0.15, 0.2) is 5.69 Å². The first kappa shape index (κ1) is 18.5. The van der Waals surface area contributed by atoms with Crippen LogP contribution in [-0.2, 0) is 7.05 Å².